The maximum absolute atomic E-state index is 10.9. The summed E-state index contributed by atoms with van der Waals surface area (Å²) in [5.41, 5.74) is 0.631. The van der Waals surface area contributed by atoms with E-state index in [4.69, 9.17) is 28.9 Å². The number of benzene rings is 1. The first-order valence-electron chi connectivity index (χ1n) is 3.81. The lowest BCUT2D eigenvalue weighted by molar-refractivity contribution is 0.108. The van der Waals surface area contributed by atoms with Gasteiger partial charge >= 0.3 is 0 Å². The molecule has 0 unspecified atom stereocenters. The van der Waals surface area contributed by atoms with Crippen molar-refractivity contribution in [3.8, 4) is 11.5 Å². The van der Waals surface area contributed by atoms with Gasteiger partial charge < -0.3 is 9.47 Å². The van der Waals surface area contributed by atoms with E-state index >= 15 is 0 Å². The lowest BCUT2D eigenvalue weighted by Gasteiger charge is -2.11. The van der Waals surface area contributed by atoms with Crippen LogP contribution in [0, 0.1) is 0 Å². The molecule has 72 valence electrons. The van der Waals surface area contributed by atoms with E-state index in [0.717, 1.165) is 0 Å². The van der Waals surface area contributed by atoms with E-state index in [1.165, 1.54) is 26.4 Å². The molecule has 1 aromatic carbocycles. The average Bonchev–Trinajstić information content (AvgIpc) is 2.17. The largest absolute Gasteiger partial charge is 0.497 e. The van der Waals surface area contributed by atoms with E-state index in [1.807, 2.05) is 0 Å². The van der Waals surface area contributed by atoms with Gasteiger partial charge in [-0.05, 0) is 29.2 Å². The van der Waals surface area contributed by atoms with Gasteiger partial charge in [0.25, 0.3) is 5.24 Å². The molecule has 0 atom stereocenters. The molecule has 0 aliphatic heterocycles. The van der Waals surface area contributed by atoms with Crippen LogP contribution in [0.2, 0.25) is 0 Å². The fourth-order valence-corrected chi connectivity index (χ4v) is 1.16. The standard InChI is InChI=1S/C9H8BClO3/c1-13-6-3-5(9(11)12)4-7(14-2)8(6)10/h3-4H,1-2H3. The molecule has 0 N–H and O–H groups in total. The molecule has 0 aliphatic rings. The second kappa shape index (κ2) is 4.37. The molecule has 0 saturated carbocycles. The van der Waals surface area contributed by atoms with Gasteiger partial charge in [0.05, 0.1) is 14.2 Å². The molecule has 1 rings (SSSR count). The fourth-order valence-electron chi connectivity index (χ4n) is 1.05. The maximum atomic E-state index is 10.9. The van der Waals surface area contributed by atoms with E-state index in [-0.39, 0.29) is 5.56 Å². The van der Waals surface area contributed by atoms with E-state index in [2.05, 4.69) is 0 Å². The summed E-state index contributed by atoms with van der Waals surface area (Å²) >= 11 is 5.32. The van der Waals surface area contributed by atoms with Crippen LogP contribution in [-0.2, 0) is 0 Å². The summed E-state index contributed by atoms with van der Waals surface area (Å²) < 4.78 is 9.92. The maximum Gasteiger partial charge on any atom is 0.252 e. The van der Waals surface area contributed by atoms with Crippen LogP contribution in [-0.4, -0.2) is 27.3 Å². The van der Waals surface area contributed by atoms with Gasteiger partial charge in [-0.15, -0.1) is 0 Å². The SMILES string of the molecule is [B]c1c(OC)cc(C(=O)Cl)cc1OC. The molecule has 1 aromatic rings. The van der Waals surface area contributed by atoms with Crippen molar-refractivity contribution in [1.29, 1.82) is 0 Å². The van der Waals surface area contributed by atoms with Crippen molar-refractivity contribution >= 4 is 30.2 Å². The number of methoxy groups -OCH3 is 2. The number of halogens is 1. The predicted molar refractivity (Wildman–Crippen MR) is 55.1 cm³/mol. The molecule has 2 radical (unpaired) electrons. The Bertz CT molecular complexity index is 340. The predicted octanol–water partition coefficient (Wildman–Crippen LogP) is 0.877. The van der Waals surface area contributed by atoms with Crippen LogP contribution in [0.1, 0.15) is 10.4 Å². The van der Waals surface area contributed by atoms with Crippen molar-refractivity contribution in [2.45, 2.75) is 0 Å². The molecule has 0 heterocycles. The Morgan fingerprint density at radius 2 is 1.71 bits per heavy atom. The Hall–Kier alpha value is -1.16. The topological polar surface area (TPSA) is 35.5 Å². The molecule has 0 bridgehead atoms. The highest BCUT2D eigenvalue weighted by Gasteiger charge is 2.10. The smallest absolute Gasteiger partial charge is 0.252 e. The number of rotatable bonds is 3. The molecule has 3 nitrogen and oxygen atoms in total. The van der Waals surface area contributed by atoms with Gasteiger partial charge in [-0.2, -0.15) is 0 Å². The van der Waals surface area contributed by atoms with E-state index in [1.54, 1.807) is 0 Å². The molecular weight excluding hydrogens is 202 g/mol. The first-order valence-corrected chi connectivity index (χ1v) is 4.19. The van der Waals surface area contributed by atoms with Crippen LogP contribution in [0.5, 0.6) is 11.5 Å². The lowest BCUT2D eigenvalue weighted by Crippen LogP contribution is -2.12. The zero-order valence-electron chi connectivity index (χ0n) is 7.83. The van der Waals surface area contributed by atoms with Crippen molar-refractivity contribution in [2.24, 2.45) is 0 Å². The van der Waals surface area contributed by atoms with Gasteiger partial charge in [-0.3, -0.25) is 4.79 Å². The van der Waals surface area contributed by atoms with E-state index < -0.39 is 5.24 Å². The van der Waals surface area contributed by atoms with Gasteiger partial charge in [0.2, 0.25) is 0 Å². The minimum Gasteiger partial charge on any atom is -0.497 e. The van der Waals surface area contributed by atoms with Crippen molar-refractivity contribution < 1.29 is 14.3 Å². The summed E-state index contributed by atoms with van der Waals surface area (Å²) in [4.78, 5) is 10.9. The molecule has 0 aromatic heterocycles. The lowest BCUT2D eigenvalue weighted by atomic mass is 9.92. The molecule has 0 amide bonds. The molecule has 5 heteroatoms. The van der Waals surface area contributed by atoms with Gasteiger partial charge in [0, 0.05) is 5.56 Å². The Morgan fingerprint density at radius 1 is 1.29 bits per heavy atom. The Labute approximate surface area is 88.4 Å². The average molecular weight is 210 g/mol. The summed E-state index contributed by atoms with van der Waals surface area (Å²) in [6, 6.07) is 2.93. The first-order chi connectivity index (χ1) is 6.60. The zero-order valence-corrected chi connectivity index (χ0v) is 8.59. The van der Waals surface area contributed by atoms with Crippen molar-refractivity contribution in [3.05, 3.63) is 17.7 Å². The second-order valence-electron chi connectivity index (χ2n) is 2.57. The quantitative estimate of drug-likeness (QED) is 0.549. The Kier molecular flexibility index (Phi) is 3.41. The third-order valence-electron chi connectivity index (χ3n) is 1.77. The monoisotopic (exact) mass is 210 g/mol. The Balaban J connectivity index is 3.32. The second-order valence-corrected chi connectivity index (χ2v) is 2.91. The summed E-state index contributed by atoms with van der Waals surface area (Å²) in [6.07, 6.45) is 0. The minimum absolute atomic E-state index is 0.287. The van der Waals surface area contributed by atoms with Crippen molar-refractivity contribution in [1.82, 2.24) is 0 Å². The highest BCUT2D eigenvalue weighted by Crippen LogP contribution is 2.19. The summed E-state index contributed by atoms with van der Waals surface area (Å²) in [6.45, 7) is 0. The number of hydrogen-bond acceptors (Lipinski definition) is 3. The minimum atomic E-state index is -0.582. The van der Waals surface area contributed by atoms with E-state index in [0.29, 0.717) is 17.0 Å². The highest BCUT2D eigenvalue weighted by atomic mass is 35.5. The van der Waals surface area contributed by atoms with Crippen LogP contribution in [0.25, 0.3) is 0 Å². The highest BCUT2D eigenvalue weighted by molar-refractivity contribution is 6.67. The molecule has 0 fully saturated rings. The third-order valence-corrected chi connectivity index (χ3v) is 1.99. The molecule has 14 heavy (non-hydrogen) atoms. The molecule has 0 saturated heterocycles. The van der Waals surface area contributed by atoms with Crippen LogP contribution in [0.3, 0.4) is 0 Å². The van der Waals surface area contributed by atoms with Crippen LogP contribution >= 0.6 is 11.6 Å². The molecule has 0 aliphatic carbocycles. The number of carbonyl (C=O) groups is 1. The van der Waals surface area contributed by atoms with E-state index in [9.17, 15) is 4.79 Å². The number of hydrogen-bond donors (Lipinski definition) is 0. The van der Waals surface area contributed by atoms with Gasteiger partial charge in [0.1, 0.15) is 19.3 Å². The Morgan fingerprint density at radius 3 is 2.00 bits per heavy atom. The van der Waals surface area contributed by atoms with Gasteiger partial charge in [0.15, 0.2) is 0 Å². The molecule has 0 spiro atoms. The van der Waals surface area contributed by atoms with Crippen molar-refractivity contribution in [3.63, 3.8) is 0 Å². The number of carbonyl (C=O) groups excluding carboxylic acids is 1. The summed E-state index contributed by atoms with van der Waals surface area (Å²) in [5, 5.41) is -0.582. The normalized spacial score (nSPS) is 9.64. The summed E-state index contributed by atoms with van der Waals surface area (Å²) in [7, 11) is 8.57. The number of ether oxygens (including phenoxy) is 2. The van der Waals surface area contributed by atoms with Crippen LogP contribution in [0.15, 0.2) is 12.1 Å². The van der Waals surface area contributed by atoms with Crippen molar-refractivity contribution in [2.75, 3.05) is 14.2 Å². The van der Waals surface area contributed by atoms with Gasteiger partial charge in [-0.1, -0.05) is 0 Å². The van der Waals surface area contributed by atoms with Crippen LogP contribution < -0.4 is 14.9 Å². The van der Waals surface area contributed by atoms with Crippen LogP contribution in [0.4, 0.5) is 0 Å². The molecular formula is C9H8BClO3. The zero-order chi connectivity index (χ0) is 10.7. The fraction of sp³-hybridized carbons (Fsp3) is 0.222. The first kappa shape index (κ1) is 10.9. The third kappa shape index (κ3) is 2.01. The van der Waals surface area contributed by atoms with Gasteiger partial charge in [-0.25, -0.2) is 0 Å². The summed E-state index contributed by atoms with van der Waals surface area (Å²) in [5.74, 6) is 0.738.